The van der Waals surface area contributed by atoms with E-state index in [1.165, 1.54) is 12.5 Å². The van der Waals surface area contributed by atoms with Crippen molar-refractivity contribution in [3.63, 3.8) is 0 Å². The lowest BCUT2D eigenvalue weighted by atomic mass is 9.90. The fraction of sp³-hybridized carbons (Fsp3) is 0.739. The van der Waals surface area contributed by atoms with Gasteiger partial charge in [0, 0.05) is 45.2 Å². The van der Waals surface area contributed by atoms with Gasteiger partial charge in [-0.3, -0.25) is 9.69 Å². The van der Waals surface area contributed by atoms with Gasteiger partial charge in [0.25, 0.3) is 5.82 Å². The molecule has 9 nitrogen and oxygen atoms in total. The Morgan fingerprint density at radius 2 is 1.69 bits per heavy atom. The predicted octanol–water partition coefficient (Wildman–Crippen LogP) is 2.32. The molecule has 5 heterocycles. The van der Waals surface area contributed by atoms with E-state index in [-0.39, 0.29) is 17.5 Å². The zero-order valence-corrected chi connectivity index (χ0v) is 19.8. The van der Waals surface area contributed by atoms with E-state index in [1.807, 2.05) is 9.80 Å². The molecule has 0 spiro atoms. The highest BCUT2D eigenvalue weighted by Gasteiger charge is 2.38. The number of piperidine rings is 2. The molecule has 5 rings (SSSR count). The molecule has 3 aliphatic heterocycles. The van der Waals surface area contributed by atoms with Gasteiger partial charge in [0.05, 0.1) is 13.2 Å². The van der Waals surface area contributed by atoms with Gasteiger partial charge in [-0.1, -0.05) is 0 Å². The normalized spacial score (nSPS) is 21.7. The molecule has 0 radical (unpaired) electrons. The molecule has 0 unspecified atom stereocenters. The topological polar surface area (TPSA) is 79.1 Å². The van der Waals surface area contributed by atoms with Crippen LogP contribution in [0.2, 0.25) is 0 Å². The third-order valence-corrected chi connectivity index (χ3v) is 7.55. The maximum Gasteiger partial charge on any atom is 0.453 e. The average molecular weight is 496 g/mol. The lowest BCUT2D eigenvalue weighted by Gasteiger charge is -2.38. The number of carbonyl (C=O) groups is 1. The van der Waals surface area contributed by atoms with Gasteiger partial charge < -0.3 is 14.5 Å². The second kappa shape index (κ2) is 10.3. The molecule has 3 saturated heterocycles. The second-order valence-electron chi connectivity index (χ2n) is 9.76. The van der Waals surface area contributed by atoms with Crippen molar-refractivity contribution in [3.05, 3.63) is 18.0 Å². The summed E-state index contributed by atoms with van der Waals surface area (Å²) in [4.78, 5) is 19.5. The number of alkyl halides is 3. The van der Waals surface area contributed by atoms with Gasteiger partial charge in [-0.15, -0.1) is 15.3 Å². The van der Waals surface area contributed by atoms with E-state index >= 15 is 0 Å². The van der Waals surface area contributed by atoms with E-state index in [2.05, 4.69) is 20.2 Å². The minimum absolute atomic E-state index is 0.0412. The Hall–Kier alpha value is -2.47. The van der Waals surface area contributed by atoms with Crippen LogP contribution in [0.15, 0.2) is 12.1 Å². The van der Waals surface area contributed by atoms with Gasteiger partial charge in [0.15, 0.2) is 5.65 Å². The van der Waals surface area contributed by atoms with E-state index in [4.69, 9.17) is 4.74 Å². The van der Waals surface area contributed by atoms with Gasteiger partial charge in [0.1, 0.15) is 5.82 Å². The van der Waals surface area contributed by atoms with Crippen LogP contribution in [0.4, 0.5) is 19.0 Å². The number of anilines is 1. The smallest absolute Gasteiger partial charge is 0.379 e. The highest BCUT2D eigenvalue weighted by molar-refractivity contribution is 5.79. The van der Waals surface area contributed by atoms with Crippen molar-refractivity contribution in [2.45, 2.75) is 38.3 Å². The molecule has 3 aliphatic rings. The third kappa shape index (κ3) is 5.53. The molecular weight excluding hydrogens is 463 g/mol. The summed E-state index contributed by atoms with van der Waals surface area (Å²) in [5.74, 6) is 0.157. The first-order chi connectivity index (χ1) is 16.9. The molecule has 0 aromatic carbocycles. The standard InChI is InChI=1S/C23H32F3N7O2/c24-23(25,26)22-28-27-19-1-2-20(29-33(19)22)31-11-6-18(7-12-31)21(34)32-9-4-17(5-10-32)3-8-30-13-15-35-16-14-30/h1-2,17-18H,3-16H2. The summed E-state index contributed by atoms with van der Waals surface area (Å²) in [5.41, 5.74) is 0.0551. The van der Waals surface area contributed by atoms with Crippen molar-refractivity contribution in [1.29, 1.82) is 0 Å². The highest BCUT2D eigenvalue weighted by Crippen LogP contribution is 2.30. The van der Waals surface area contributed by atoms with Gasteiger partial charge in [0.2, 0.25) is 5.91 Å². The van der Waals surface area contributed by atoms with Crippen LogP contribution in [0.1, 0.15) is 37.9 Å². The Kier molecular flexibility index (Phi) is 7.10. The van der Waals surface area contributed by atoms with Crippen LogP contribution < -0.4 is 4.90 Å². The van der Waals surface area contributed by atoms with Crippen molar-refractivity contribution < 1.29 is 22.7 Å². The highest BCUT2D eigenvalue weighted by atomic mass is 19.4. The number of amides is 1. The molecule has 12 heteroatoms. The molecule has 192 valence electrons. The molecule has 0 bridgehead atoms. The van der Waals surface area contributed by atoms with Crippen LogP contribution in [-0.2, 0) is 15.7 Å². The Balaban J connectivity index is 1.10. The van der Waals surface area contributed by atoms with Gasteiger partial charge in [-0.2, -0.15) is 17.7 Å². The van der Waals surface area contributed by atoms with Gasteiger partial charge in [-0.05, 0) is 56.7 Å². The molecule has 0 aliphatic carbocycles. The number of hydrogen-bond donors (Lipinski definition) is 0. The molecule has 0 N–H and O–H groups in total. The number of morpholine rings is 1. The number of fused-ring (bicyclic) bond motifs is 1. The van der Waals surface area contributed by atoms with E-state index in [1.54, 1.807) is 6.07 Å². The molecule has 3 fully saturated rings. The molecule has 2 aromatic heterocycles. The van der Waals surface area contributed by atoms with Crippen LogP contribution in [-0.4, -0.2) is 94.5 Å². The third-order valence-electron chi connectivity index (χ3n) is 7.55. The number of likely N-dealkylation sites (tertiary alicyclic amines) is 1. The summed E-state index contributed by atoms with van der Waals surface area (Å²) in [7, 11) is 0. The first-order valence-corrected chi connectivity index (χ1v) is 12.5. The summed E-state index contributed by atoms with van der Waals surface area (Å²) in [6, 6.07) is 3.15. The number of ether oxygens (including phenoxy) is 1. The fourth-order valence-corrected chi connectivity index (χ4v) is 5.37. The lowest BCUT2D eigenvalue weighted by Crippen LogP contribution is -2.46. The minimum atomic E-state index is -4.62. The summed E-state index contributed by atoms with van der Waals surface area (Å²) >= 11 is 0. The van der Waals surface area contributed by atoms with E-state index < -0.39 is 12.0 Å². The second-order valence-corrected chi connectivity index (χ2v) is 9.76. The number of rotatable bonds is 5. The number of aromatic nitrogens is 4. The van der Waals surface area contributed by atoms with E-state index in [0.717, 1.165) is 63.3 Å². The van der Waals surface area contributed by atoms with Crippen molar-refractivity contribution in [1.82, 2.24) is 29.6 Å². The van der Waals surface area contributed by atoms with Crippen molar-refractivity contribution in [2.24, 2.45) is 11.8 Å². The Morgan fingerprint density at radius 3 is 2.37 bits per heavy atom. The van der Waals surface area contributed by atoms with Crippen molar-refractivity contribution >= 4 is 17.4 Å². The average Bonchev–Trinajstić information content (AvgIpc) is 3.32. The van der Waals surface area contributed by atoms with Gasteiger partial charge in [-0.25, -0.2) is 0 Å². The molecule has 1 amide bonds. The first kappa shape index (κ1) is 24.2. The Labute approximate surface area is 202 Å². The monoisotopic (exact) mass is 495 g/mol. The molecular formula is C23H32F3N7O2. The fourth-order valence-electron chi connectivity index (χ4n) is 5.37. The lowest BCUT2D eigenvalue weighted by molar-refractivity contribution is -0.146. The number of nitrogens with zero attached hydrogens (tertiary/aromatic N) is 7. The maximum absolute atomic E-state index is 13.2. The Morgan fingerprint density at radius 1 is 0.971 bits per heavy atom. The summed E-state index contributed by atoms with van der Waals surface area (Å²) < 4.78 is 45.7. The SMILES string of the molecule is O=C(C1CCN(c2ccc3nnc(C(F)(F)F)n3n2)CC1)N1CCC(CCN2CCOCC2)CC1. The predicted molar refractivity (Wildman–Crippen MR) is 122 cm³/mol. The van der Waals surface area contributed by atoms with E-state index in [0.29, 0.717) is 37.7 Å². The summed E-state index contributed by atoms with van der Waals surface area (Å²) in [6.07, 6.45) is 0.00692. The largest absolute Gasteiger partial charge is 0.453 e. The molecule has 35 heavy (non-hydrogen) atoms. The van der Waals surface area contributed by atoms with E-state index in [9.17, 15) is 18.0 Å². The van der Waals surface area contributed by atoms with Crippen LogP contribution in [0.3, 0.4) is 0 Å². The van der Waals surface area contributed by atoms with Crippen molar-refractivity contribution in [2.75, 3.05) is 63.9 Å². The zero-order valence-electron chi connectivity index (χ0n) is 19.8. The summed E-state index contributed by atoms with van der Waals surface area (Å²) in [5, 5.41) is 10.9. The molecule has 2 aromatic rings. The van der Waals surface area contributed by atoms with Crippen LogP contribution in [0.25, 0.3) is 5.65 Å². The molecule has 0 atom stereocenters. The van der Waals surface area contributed by atoms with Crippen LogP contribution >= 0.6 is 0 Å². The number of carbonyl (C=O) groups excluding carboxylic acids is 1. The quantitative estimate of drug-likeness (QED) is 0.630. The number of halogens is 3. The first-order valence-electron chi connectivity index (χ1n) is 12.5. The Bertz CT molecular complexity index is 1010. The maximum atomic E-state index is 13.2. The number of hydrogen-bond acceptors (Lipinski definition) is 7. The molecule has 0 saturated carbocycles. The van der Waals surface area contributed by atoms with Crippen molar-refractivity contribution in [3.8, 4) is 0 Å². The minimum Gasteiger partial charge on any atom is -0.379 e. The zero-order chi connectivity index (χ0) is 24.4. The van der Waals surface area contributed by atoms with Gasteiger partial charge >= 0.3 is 6.18 Å². The van der Waals surface area contributed by atoms with Crippen LogP contribution in [0.5, 0.6) is 0 Å². The van der Waals surface area contributed by atoms with Crippen LogP contribution in [0, 0.1) is 11.8 Å². The summed E-state index contributed by atoms with van der Waals surface area (Å²) in [6.45, 7) is 7.59.